The van der Waals surface area contributed by atoms with E-state index >= 15 is 0 Å². The molecule has 1 unspecified atom stereocenters. The fourth-order valence-corrected chi connectivity index (χ4v) is 1.79. The second-order valence-electron chi connectivity index (χ2n) is 5.40. The molecule has 0 aliphatic rings. The van der Waals surface area contributed by atoms with Gasteiger partial charge in [0.25, 0.3) is 5.91 Å². The second-order valence-corrected chi connectivity index (χ2v) is 5.81. The molecule has 0 saturated heterocycles. The first-order valence-electron chi connectivity index (χ1n) is 7.13. The van der Waals surface area contributed by atoms with Gasteiger partial charge in [-0.15, -0.1) is 0 Å². The topological polar surface area (TPSA) is 49.3 Å². The number of carbonyl (C=O) groups is 1. The predicted molar refractivity (Wildman–Crippen MR) is 86.4 cm³/mol. The van der Waals surface area contributed by atoms with E-state index in [1.807, 2.05) is 0 Å². The Balaban J connectivity index is 2.71. The molecule has 0 saturated carbocycles. The van der Waals surface area contributed by atoms with Crippen LogP contribution in [-0.4, -0.2) is 24.2 Å². The summed E-state index contributed by atoms with van der Waals surface area (Å²) in [5.41, 5.74) is 1.20. The van der Waals surface area contributed by atoms with Crippen molar-refractivity contribution in [1.82, 2.24) is 5.32 Å². The number of hydrogen-bond acceptors (Lipinski definition) is 2. The monoisotopic (exact) mass is 307 g/mol. The maximum absolute atomic E-state index is 12.1. The Kier molecular flexibility index (Phi) is 7.28. The molecule has 1 atom stereocenters. The molecule has 1 aromatic rings. The smallest absolute Gasteiger partial charge is 0.251 e. The molecule has 2 N–H and O–H groups in total. The van der Waals surface area contributed by atoms with Crippen molar-refractivity contribution in [3.63, 3.8) is 0 Å². The van der Waals surface area contributed by atoms with Crippen LogP contribution in [0.25, 0.3) is 0 Å². The van der Waals surface area contributed by atoms with E-state index < -0.39 is 0 Å². The van der Waals surface area contributed by atoms with Gasteiger partial charge in [0.1, 0.15) is 0 Å². The lowest BCUT2D eigenvalue weighted by atomic mass is 9.98. The van der Waals surface area contributed by atoms with Gasteiger partial charge in [-0.05, 0) is 30.0 Å². The number of carbonyl (C=O) groups excluding carboxylic acids is 1. The van der Waals surface area contributed by atoms with Crippen LogP contribution in [0.5, 0.6) is 0 Å². The Bertz CT molecular complexity index is 543. The zero-order valence-electron chi connectivity index (χ0n) is 12.7. The van der Waals surface area contributed by atoms with Crippen molar-refractivity contribution < 1.29 is 9.90 Å². The van der Waals surface area contributed by atoms with E-state index in [9.17, 15) is 4.79 Å². The molecule has 0 aliphatic heterocycles. The average Bonchev–Trinajstić information content (AvgIpc) is 2.46. The minimum atomic E-state index is -0.126. The van der Waals surface area contributed by atoms with Crippen molar-refractivity contribution >= 4 is 17.5 Å². The fourth-order valence-electron chi connectivity index (χ4n) is 1.56. The van der Waals surface area contributed by atoms with Gasteiger partial charge >= 0.3 is 0 Å². The molecule has 3 nitrogen and oxygen atoms in total. The van der Waals surface area contributed by atoms with Crippen LogP contribution in [0.2, 0.25) is 5.02 Å². The molecular formula is C17H22ClNO2. The van der Waals surface area contributed by atoms with Gasteiger partial charge in [-0.2, -0.15) is 0 Å². The third-order valence-electron chi connectivity index (χ3n) is 3.41. The normalized spacial score (nSPS) is 11.7. The molecule has 1 aromatic carbocycles. The Morgan fingerprint density at radius 2 is 2.10 bits per heavy atom. The lowest BCUT2D eigenvalue weighted by molar-refractivity contribution is 0.0945. The van der Waals surface area contributed by atoms with Crippen LogP contribution in [0.4, 0.5) is 0 Å². The lowest BCUT2D eigenvalue weighted by Gasteiger charge is -2.16. The molecule has 0 heterocycles. The Hall–Kier alpha value is -1.50. The zero-order valence-corrected chi connectivity index (χ0v) is 13.5. The molecular weight excluding hydrogens is 286 g/mol. The van der Waals surface area contributed by atoms with Gasteiger partial charge < -0.3 is 10.4 Å². The first-order chi connectivity index (χ1) is 9.95. The van der Waals surface area contributed by atoms with Crippen LogP contribution in [0, 0.1) is 23.7 Å². The number of benzene rings is 1. The van der Waals surface area contributed by atoms with Crippen molar-refractivity contribution in [2.75, 3.05) is 13.2 Å². The summed E-state index contributed by atoms with van der Waals surface area (Å²) in [5, 5.41) is 12.0. The fraction of sp³-hybridized carbons (Fsp3) is 0.471. The number of rotatable bonds is 5. The molecule has 21 heavy (non-hydrogen) atoms. The quantitative estimate of drug-likeness (QED) is 0.821. The van der Waals surface area contributed by atoms with Crippen molar-refractivity contribution in [2.24, 2.45) is 11.8 Å². The highest BCUT2D eigenvalue weighted by atomic mass is 35.5. The van der Waals surface area contributed by atoms with Gasteiger partial charge in [0.2, 0.25) is 0 Å². The largest absolute Gasteiger partial charge is 0.395 e. The van der Waals surface area contributed by atoms with Gasteiger partial charge in [0.05, 0.1) is 11.6 Å². The van der Waals surface area contributed by atoms with Crippen molar-refractivity contribution in [2.45, 2.75) is 27.2 Å². The predicted octanol–water partition coefficient (Wildman–Crippen LogP) is 3.10. The van der Waals surface area contributed by atoms with Crippen molar-refractivity contribution in [3.05, 3.63) is 34.3 Å². The Morgan fingerprint density at radius 3 is 2.67 bits per heavy atom. The van der Waals surface area contributed by atoms with Crippen molar-refractivity contribution in [1.29, 1.82) is 0 Å². The molecule has 4 heteroatoms. The highest BCUT2D eigenvalue weighted by molar-refractivity contribution is 6.32. The number of nitrogens with one attached hydrogen (secondary N) is 1. The summed E-state index contributed by atoms with van der Waals surface area (Å²) in [6.07, 6.45) is 0.408. The van der Waals surface area contributed by atoms with E-state index in [1.165, 1.54) is 0 Å². The first kappa shape index (κ1) is 17.6. The van der Waals surface area contributed by atoms with Gasteiger partial charge in [-0.25, -0.2) is 0 Å². The Labute approximate surface area is 131 Å². The van der Waals surface area contributed by atoms with Crippen LogP contribution in [0.1, 0.15) is 43.1 Å². The van der Waals surface area contributed by atoms with Crippen LogP contribution >= 0.6 is 11.6 Å². The molecule has 114 valence electrons. The number of amides is 1. The summed E-state index contributed by atoms with van der Waals surface area (Å²) in [7, 11) is 0. The van der Waals surface area contributed by atoms with E-state index in [2.05, 4.69) is 37.9 Å². The van der Waals surface area contributed by atoms with E-state index in [0.29, 0.717) is 41.0 Å². The third kappa shape index (κ3) is 5.79. The minimum Gasteiger partial charge on any atom is -0.395 e. The summed E-state index contributed by atoms with van der Waals surface area (Å²) in [6.45, 7) is 7.05. The highest BCUT2D eigenvalue weighted by Crippen LogP contribution is 2.17. The number of hydrogen-bond donors (Lipinski definition) is 2. The lowest BCUT2D eigenvalue weighted by Crippen LogP contribution is -2.30. The summed E-state index contributed by atoms with van der Waals surface area (Å²) in [5.74, 6) is 6.50. The van der Waals surface area contributed by atoms with Crippen LogP contribution in [-0.2, 0) is 0 Å². The molecule has 1 amide bonds. The van der Waals surface area contributed by atoms with Gasteiger partial charge in [-0.3, -0.25) is 4.79 Å². The van der Waals surface area contributed by atoms with Gasteiger partial charge in [0.15, 0.2) is 0 Å². The first-order valence-corrected chi connectivity index (χ1v) is 7.51. The zero-order chi connectivity index (χ0) is 15.8. The molecule has 0 aromatic heterocycles. The second kappa shape index (κ2) is 8.71. The summed E-state index contributed by atoms with van der Waals surface area (Å²) in [4.78, 5) is 12.1. The van der Waals surface area contributed by atoms with Gasteiger partial charge in [0, 0.05) is 24.1 Å². The summed E-state index contributed by atoms with van der Waals surface area (Å²) < 4.78 is 0. The van der Waals surface area contributed by atoms with Crippen LogP contribution in [0.15, 0.2) is 18.2 Å². The van der Waals surface area contributed by atoms with E-state index in [0.717, 1.165) is 0 Å². The molecule has 0 bridgehead atoms. The molecule has 0 aliphatic carbocycles. The summed E-state index contributed by atoms with van der Waals surface area (Å²) >= 11 is 6.12. The van der Waals surface area contributed by atoms with Crippen molar-refractivity contribution in [3.8, 4) is 11.8 Å². The molecule has 0 radical (unpaired) electrons. The number of halogens is 1. The molecule has 0 fully saturated rings. The van der Waals surface area contributed by atoms with E-state index in [-0.39, 0.29) is 12.5 Å². The molecule has 1 rings (SSSR count). The van der Waals surface area contributed by atoms with Crippen LogP contribution < -0.4 is 5.32 Å². The third-order valence-corrected chi connectivity index (χ3v) is 3.73. The Morgan fingerprint density at radius 1 is 1.38 bits per heavy atom. The van der Waals surface area contributed by atoms with Gasteiger partial charge in [-0.1, -0.05) is 44.2 Å². The van der Waals surface area contributed by atoms with Crippen LogP contribution in [0.3, 0.4) is 0 Å². The molecule has 0 spiro atoms. The van der Waals surface area contributed by atoms with E-state index in [1.54, 1.807) is 18.2 Å². The summed E-state index contributed by atoms with van der Waals surface area (Å²) in [6, 6.07) is 5.07. The minimum absolute atomic E-state index is 0.0269. The average molecular weight is 308 g/mol. The SMILES string of the molecule is CC(C)C(C)CNC(=O)c1ccc(C#CCCO)c(Cl)c1. The number of aliphatic hydroxyl groups excluding tert-OH is 1. The number of aliphatic hydroxyl groups is 1. The standard InChI is InChI=1S/C17H22ClNO2/c1-12(2)13(3)11-19-17(21)15-8-7-14(16(18)10-15)6-4-5-9-20/h7-8,10,12-13,20H,5,9,11H2,1-3H3,(H,19,21). The highest BCUT2D eigenvalue weighted by Gasteiger charge is 2.11. The maximum Gasteiger partial charge on any atom is 0.251 e. The maximum atomic E-state index is 12.1. The van der Waals surface area contributed by atoms with E-state index in [4.69, 9.17) is 16.7 Å².